The molecule has 3 aromatic rings. The lowest BCUT2D eigenvalue weighted by Gasteiger charge is -2.03. The van der Waals surface area contributed by atoms with Gasteiger partial charge in [-0.2, -0.15) is 11.3 Å². The molecule has 9 heteroatoms. The Morgan fingerprint density at radius 1 is 1.48 bits per heavy atom. The smallest absolute Gasteiger partial charge is 0.355 e. The number of hydrogen-bond donors (Lipinski definition) is 0. The Morgan fingerprint density at radius 3 is 2.96 bits per heavy atom. The van der Waals surface area contributed by atoms with Crippen molar-refractivity contribution >= 4 is 34.3 Å². The van der Waals surface area contributed by atoms with E-state index >= 15 is 0 Å². The zero-order valence-corrected chi connectivity index (χ0v) is 13.6. The quantitative estimate of drug-likeness (QED) is 0.400. The van der Waals surface area contributed by atoms with E-state index in [1.54, 1.807) is 18.4 Å². The molecule has 0 amide bonds. The normalized spacial score (nSPS) is 10.7. The van der Waals surface area contributed by atoms with Gasteiger partial charge in [0.25, 0.3) is 5.69 Å². The van der Waals surface area contributed by atoms with Crippen LogP contribution in [-0.2, 0) is 18.4 Å². The van der Waals surface area contributed by atoms with Crippen molar-refractivity contribution in [3.05, 3.63) is 56.0 Å². The van der Waals surface area contributed by atoms with Gasteiger partial charge in [-0.05, 0) is 11.4 Å². The van der Waals surface area contributed by atoms with E-state index in [0.29, 0.717) is 5.69 Å². The van der Waals surface area contributed by atoms with Crippen LogP contribution in [0.5, 0.6) is 0 Å². The molecule has 0 atom stereocenters. The SMILES string of the molecule is Cn1cc([N+](=O)[O-])cc1C(=O)OCc1csc(-c2ccsc2)n1. The molecule has 0 radical (unpaired) electrons. The minimum absolute atomic E-state index is 0.0262. The van der Waals surface area contributed by atoms with Crippen LogP contribution in [0.1, 0.15) is 16.2 Å². The second kappa shape index (κ2) is 6.31. The highest BCUT2D eigenvalue weighted by Crippen LogP contribution is 2.26. The summed E-state index contributed by atoms with van der Waals surface area (Å²) in [5.74, 6) is -0.620. The standard InChI is InChI=1S/C14H11N3O4S2/c1-16-5-11(17(19)20)4-12(16)14(18)21-6-10-8-23-13(15-10)9-2-3-22-7-9/h2-5,7-8H,6H2,1H3. The van der Waals surface area contributed by atoms with Crippen LogP contribution >= 0.6 is 22.7 Å². The molecule has 7 nitrogen and oxygen atoms in total. The van der Waals surface area contributed by atoms with Crippen molar-refractivity contribution in [1.29, 1.82) is 0 Å². The van der Waals surface area contributed by atoms with Crippen LogP contribution in [0, 0.1) is 10.1 Å². The molecule has 0 saturated carbocycles. The molecule has 0 aliphatic carbocycles. The van der Waals surface area contributed by atoms with Crippen LogP contribution in [0.15, 0.2) is 34.5 Å². The van der Waals surface area contributed by atoms with Crippen LogP contribution in [0.4, 0.5) is 5.69 Å². The highest BCUT2D eigenvalue weighted by atomic mass is 32.1. The summed E-state index contributed by atoms with van der Waals surface area (Å²) in [6, 6.07) is 3.17. The number of thiazole rings is 1. The molecule has 0 spiro atoms. The fraction of sp³-hybridized carbons (Fsp3) is 0.143. The third-order valence-corrected chi connectivity index (χ3v) is 4.70. The molecule has 0 bridgehead atoms. The number of hydrogen-bond acceptors (Lipinski definition) is 7. The number of esters is 1. The summed E-state index contributed by atoms with van der Waals surface area (Å²) >= 11 is 3.06. The van der Waals surface area contributed by atoms with Crippen LogP contribution < -0.4 is 0 Å². The van der Waals surface area contributed by atoms with Gasteiger partial charge in [0.05, 0.1) is 16.8 Å². The van der Waals surface area contributed by atoms with Gasteiger partial charge < -0.3 is 9.30 Å². The minimum atomic E-state index is -0.620. The highest BCUT2D eigenvalue weighted by Gasteiger charge is 2.19. The summed E-state index contributed by atoms with van der Waals surface area (Å²) in [5.41, 5.74) is 1.67. The second-order valence-electron chi connectivity index (χ2n) is 4.68. The number of aryl methyl sites for hydroxylation is 1. The van der Waals surface area contributed by atoms with Crippen molar-refractivity contribution in [1.82, 2.24) is 9.55 Å². The maximum absolute atomic E-state index is 12.0. The van der Waals surface area contributed by atoms with Crippen LogP contribution in [0.2, 0.25) is 0 Å². The average Bonchev–Trinajstić information content (AvgIpc) is 3.24. The Hall–Kier alpha value is -2.52. The van der Waals surface area contributed by atoms with Crippen molar-refractivity contribution in [2.45, 2.75) is 6.61 Å². The Labute approximate surface area is 138 Å². The number of nitrogens with zero attached hydrogens (tertiary/aromatic N) is 3. The van der Waals surface area contributed by atoms with E-state index in [1.165, 1.54) is 28.2 Å². The van der Waals surface area contributed by atoms with Gasteiger partial charge in [-0.3, -0.25) is 10.1 Å². The monoisotopic (exact) mass is 349 g/mol. The molecule has 0 aliphatic rings. The third kappa shape index (κ3) is 3.30. The van der Waals surface area contributed by atoms with E-state index in [0.717, 1.165) is 10.6 Å². The molecule has 0 aromatic carbocycles. The largest absolute Gasteiger partial charge is 0.454 e. The van der Waals surface area contributed by atoms with Crippen molar-refractivity contribution in [3.8, 4) is 10.6 Å². The number of thiophene rings is 1. The number of carbonyl (C=O) groups is 1. The first kappa shape index (κ1) is 15.4. The summed E-state index contributed by atoms with van der Waals surface area (Å²) in [4.78, 5) is 26.6. The maximum atomic E-state index is 12.0. The number of carbonyl (C=O) groups excluding carboxylic acids is 1. The molecular formula is C14H11N3O4S2. The zero-order valence-electron chi connectivity index (χ0n) is 12.0. The van der Waals surface area contributed by atoms with E-state index in [9.17, 15) is 14.9 Å². The second-order valence-corrected chi connectivity index (χ2v) is 6.32. The van der Waals surface area contributed by atoms with Crippen molar-refractivity contribution in [2.24, 2.45) is 7.05 Å². The lowest BCUT2D eigenvalue weighted by molar-refractivity contribution is -0.384. The Balaban J connectivity index is 1.66. The Kier molecular flexibility index (Phi) is 4.22. The number of nitro groups is 1. The minimum Gasteiger partial charge on any atom is -0.454 e. The molecule has 0 saturated heterocycles. The van der Waals surface area contributed by atoms with E-state index < -0.39 is 10.9 Å². The Bertz CT molecular complexity index is 851. The molecule has 23 heavy (non-hydrogen) atoms. The average molecular weight is 349 g/mol. The van der Waals surface area contributed by atoms with Gasteiger partial charge in [0.1, 0.15) is 17.3 Å². The molecular weight excluding hydrogens is 338 g/mol. The fourth-order valence-corrected chi connectivity index (χ4v) is 3.47. The van der Waals surface area contributed by atoms with Gasteiger partial charge in [-0.15, -0.1) is 11.3 Å². The predicted octanol–water partition coefficient (Wildman–Crippen LogP) is 3.48. The number of ether oxygens (including phenoxy) is 1. The van der Waals surface area contributed by atoms with Crippen molar-refractivity contribution in [3.63, 3.8) is 0 Å². The van der Waals surface area contributed by atoms with Crippen molar-refractivity contribution < 1.29 is 14.5 Å². The van der Waals surface area contributed by atoms with Gasteiger partial charge in [0, 0.05) is 29.4 Å². The van der Waals surface area contributed by atoms with Crippen LogP contribution in [-0.4, -0.2) is 20.4 Å². The molecule has 3 rings (SSSR count). The lowest BCUT2D eigenvalue weighted by atomic mass is 10.3. The summed E-state index contributed by atoms with van der Waals surface area (Å²) in [6.07, 6.45) is 1.27. The van der Waals surface area contributed by atoms with Gasteiger partial charge >= 0.3 is 5.97 Å². The van der Waals surface area contributed by atoms with Gasteiger partial charge in [-0.25, -0.2) is 9.78 Å². The van der Waals surface area contributed by atoms with Crippen LogP contribution in [0.3, 0.4) is 0 Å². The van der Waals surface area contributed by atoms with Gasteiger partial charge in [0.15, 0.2) is 0 Å². The lowest BCUT2D eigenvalue weighted by Crippen LogP contribution is -2.09. The molecule has 0 aliphatic heterocycles. The topological polar surface area (TPSA) is 87.3 Å². The fourth-order valence-electron chi connectivity index (χ4n) is 1.96. The Morgan fingerprint density at radius 2 is 2.30 bits per heavy atom. The predicted molar refractivity (Wildman–Crippen MR) is 86.6 cm³/mol. The summed E-state index contributed by atoms with van der Waals surface area (Å²) in [5, 5.41) is 17.4. The molecule has 0 fully saturated rings. The first-order chi connectivity index (χ1) is 11.0. The summed E-state index contributed by atoms with van der Waals surface area (Å²) in [7, 11) is 1.56. The first-order valence-electron chi connectivity index (χ1n) is 6.49. The van der Waals surface area contributed by atoms with Crippen molar-refractivity contribution in [2.75, 3.05) is 0 Å². The summed E-state index contributed by atoms with van der Waals surface area (Å²) < 4.78 is 6.56. The molecule has 3 heterocycles. The van der Waals surface area contributed by atoms with Gasteiger partial charge in [0.2, 0.25) is 0 Å². The van der Waals surface area contributed by atoms with Crippen LogP contribution in [0.25, 0.3) is 10.6 Å². The van der Waals surface area contributed by atoms with E-state index in [4.69, 9.17) is 4.74 Å². The number of rotatable bonds is 5. The maximum Gasteiger partial charge on any atom is 0.355 e. The molecule has 0 N–H and O–H groups in total. The molecule has 3 aromatic heterocycles. The van der Waals surface area contributed by atoms with E-state index in [1.807, 2.05) is 22.2 Å². The molecule has 0 unspecified atom stereocenters. The van der Waals surface area contributed by atoms with E-state index in [-0.39, 0.29) is 18.0 Å². The highest BCUT2D eigenvalue weighted by molar-refractivity contribution is 7.14. The number of aromatic nitrogens is 2. The zero-order chi connectivity index (χ0) is 16.4. The van der Waals surface area contributed by atoms with E-state index in [2.05, 4.69) is 4.98 Å². The molecule has 118 valence electrons. The third-order valence-electron chi connectivity index (χ3n) is 3.08. The first-order valence-corrected chi connectivity index (χ1v) is 8.31. The van der Waals surface area contributed by atoms with Gasteiger partial charge in [-0.1, -0.05) is 0 Å². The summed E-state index contributed by atoms with van der Waals surface area (Å²) in [6.45, 7) is 0.0262.